The first-order chi connectivity index (χ1) is 25.0. The van der Waals surface area contributed by atoms with Crippen molar-refractivity contribution >= 4 is 33.7 Å². The number of aromatic nitrogens is 4. The lowest BCUT2D eigenvalue weighted by Gasteiger charge is -2.36. The molecule has 2 atom stereocenters. The van der Waals surface area contributed by atoms with Crippen molar-refractivity contribution in [3.05, 3.63) is 70.7 Å². The maximum Gasteiger partial charge on any atom is 0.410 e. The summed E-state index contributed by atoms with van der Waals surface area (Å²) in [6.45, 7) is 8.38. The number of hydrogen-bond donors (Lipinski definition) is 2. The lowest BCUT2D eigenvalue weighted by molar-refractivity contribution is 0.0214. The Morgan fingerprint density at radius 2 is 1.87 bits per heavy atom. The van der Waals surface area contributed by atoms with Crippen LogP contribution in [0, 0.1) is 25.1 Å². The van der Waals surface area contributed by atoms with E-state index in [0.717, 1.165) is 52.3 Å². The van der Waals surface area contributed by atoms with E-state index in [9.17, 15) is 9.90 Å². The minimum Gasteiger partial charge on any atom is -0.486 e. The fourth-order valence-electron chi connectivity index (χ4n) is 7.56. The van der Waals surface area contributed by atoms with Gasteiger partial charge in [0.1, 0.15) is 36.0 Å². The van der Waals surface area contributed by atoms with Gasteiger partial charge in [-0.15, -0.1) is 6.42 Å². The predicted octanol–water partition coefficient (Wildman–Crippen LogP) is 6.63. The SMILES string of the molecule is C#Cc1ccc(COc2c(-c3c(C)c(F)cc4[nH]ncc34)c(C3CC3)cc3c(N4CC5CC4CN5C(=O)OC(C)(C)C)nc(OCCO)nc23)cc1. The Labute approximate surface area is 301 Å². The number of nitrogens with one attached hydrogen (secondary N) is 1. The number of likely N-dealkylation sites (tertiary alicyclic amines) is 1. The van der Waals surface area contributed by atoms with Crippen LogP contribution in [0.2, 0.25) is 0 Å². The van der Waals surface area contributed by atoms with Crippen LogP contribution in [0.5, 0.6) is 11.8 Å². The predicted molar refractivity (Wildman–Crippen MR) is 195 cm³/mol. The molecule has 1 amide bonds. The number of piperazine rings is 1. The Kier molecular flexibility index (Phi) is 8.41. The minimum atomic E-state index is -0.598. The van der Waals surface area contributed by atoms with Crippen molar-refractivity contribution in [1.82, 2.24) is 25.1 Å². The highest BCUT2D eigenvalue weighted by molar-refractivity contribution is 6.06. The molecule has 4 heterocycles. The lowest BCUT2D eigenvalue weighted by Crippen LogP contribution is -2.50. The van der Waals surface area contributed by atoms with Crippen molar-refractivity contribution < 1.29 is 28.5 Å². The molecule has 2 N–H and O–H groups in total. The highest BCUT2D eigenvalue weighted by Gasteiger charge is 2.48. The second kappa shape index (κ2) is 13.0. The average Bonchev–Trinajstić information content (AvgIpc) is 3.51. The van der Waals surface area contributed by atoms with Gasteiger partial charge in [0.15, 0.2) is 5.75 Å². The molecule has 1 aliphatic carbocycles. The molecule has 12 heteroatoms. The number of terminal acetylenes is 1. The normalized spacial score (nSPS) is 18.3. The summed E-state index contributed by atoms with van der Waals surface area (Å²) in [4.78, 5) is 27.0. The quantitative estimate of drug-likeness (QED) is 0.163. The molecule has 3 aliphatic rings. The zero-order chi connectivity index (χ0) is 36.3. The zero-order valence-corrected chi connectivity index (χ0v) is 29.7. The molecule has 2 bridgehead atoms. The average molecular weight is 705 g/mol. The number of rotatable bonds is 9. The summed E-state index contributed by atoms with van der Waals surface area (Å²) in [5.74, 6) is 3.66. The van der Waals surface area contributed by atoms with Gasteiger partial charge >= 0.3 is 12.1 Å². The smallest absolute Gasteiger partial charge is 0.410 e. The van der Waals surface area contributed by atoms with Gasteiger partial charge in [-0.2, -0.15) is 15.1 Å². The number of hydrogen-bond acceptors (Lipinski definition) is 9. The number of anilines is 1. The number of nitrogens with zero attached hydrogens (tertiary/aromatic N) is 5. The molecule has 2 aliphatic heterocycles. The van der Waals surface area contributed by atoms with E-state index in [1.54, 1.807) is 13.1 Å². The summed E-state index contributed by atoms with van der Waals surface area (Å²) in [6, 6.07) is 11.2. The Hall–Kier alpha value is -5.41. The van der Waals surface area contributed by atoms with Crippen LogP contribution in [0.15, 0.2) is 42.6 Å². The second-order valence-corrected chi connectivity index (χ2v) is 14.9. The summed E-state index contributed by atoms with van der Waals surface area (Å²) in [5.41, 5.74) is 5.09. The molecule has 2 saturated heterocycles. The van der Waals surface area contributed by atoms with E-state index in [1.807, 2.05) is 49.9 Å². The van der Waals surface area contributed by atoms with Crippen molar-refractivity contribution in [3.63, 3.8) is 0 Å². The molecule has 268 valence electrons. The first-order valence-corrected chi connectivity index (χ1v) is 17.7. The van der Waals surface area contributed by atoms with E-state index in [0.29, 0.717) is 46.8 Å². The van der Waals surface area contributed by atoms with Gasteiger partial charge in [-0.3, -0.25) is 5.10 Å². The van der Waals surface area contributed by atoms with Gasteiger partial charge in [0.25, 0.3) is 0 Å². The monoisotopic (exact) mass is 704 g/mol. The molecule has 2 unspecified atom stereocenters. The summed E-state index contributed by atoms with van der Waals surface area (Å²) in [5, 5.41) is 18.4. The molecule has 8 rings (SSSR count). The van der Waals surface area contributed by atoms with Gasteiger partial charge in [0.05, 0.1) is 30.4 Å². The first kappa shape index (κ1) is 33.7. The molecule has 52 heavy (non-hydrogen) atoms. The largest absolute Gasteiger partial charge is 0.486 e. The Morgan fingerprint density at radius 1 is 1.08 bits per heavy atom. The van der Waals surface area contributed by atoms with Crippen LogP contribution in [0.4, 0.5) is 15.0 Å². The molecule has 3 aromatic carbocycles. The van der Waals surface area contributed by atoms with Crippen LogP contribution < -0.4 is 14.4 Å². The van der Waals surface area contributed by atoms with Crippen molar-refractivity contribution in [2.75, 3.05) is 31.2 Å². The highest BCUT2D eigenvalue weighted by atomic mass is 19.1. The number of carbonyl (C=O) groups is 1. The summed E-state index contributed by atoms with van der Waals surface area (Å²) in [6.07, 6.45) is 9.74. The fraction of sp³-hybridized carbons (Fsp3) is 0.400. The van der Waals surface area contributed by atoms with E-state index >= 15 is 4.39 Å². The molecule has 0 radical (unpaired) electrons. The van der Waals surface area contributed by atoms with Crippen molar-refractivity contribution in [3.8, 4) is 35.2 Å². The minimum absolute atomic E-state index is 0.00714. The third kappa shape index (κ3) is 6.13. The number of fused-ring (bicyclic) bond motifs is 4. The van der Waals surface area contributed by atoms with Gasteiger partial charge in [0, 0.05) is 40.6 Å². The topological polar surface area (TPSA) is 126 Å². The van der Waals surface area contributed by atoms with Gasteiger partial charge in [-0.05, 0) is 93.8 Å². The number of H-pyrrole nitrogens is 1. The number of halogens is 1. The number of aliphatic hydroxyl groups excluding tert-OH is 1. The van der Waals surface area contributed by atoms with Crippen molar-refractivity contribution in [2.45, 2.75) is 77.2 Å². The second-order valence-electron chi connectivity index (χ2n) is 14.9. The van der Waals surface area contributed by atoms with Crippen LogP contribution in [0.25, 0.3) is 32.9 Å². The van der Waals surface area contributed by atoms with Crippen LogP contribution in [-0.2, 0) is 11.3 Å². The summed E-state index contributed by atoms with van der Waals surface area (Å²) >= 11 is 0. The highest BCUT2D eigenvalue weighted by Crippen LogP contribution is 2.53. The molecule has 11 nitrogen and oxygen atoms in total. The molecule has 3 fully saturated rings. The van der Waals surface area contributed by atoms with Crippen molar-refractivity contribution in [2.24, 2.45) is 0 Å². The zero-order valence-electron chi connectivity index (χ0n) is 29.7. The molecule has 0 spiro atoms. The number of aliphatic hydroxyl groups is 1. The Morgan fingerprint density at radius 3 is 2.54 bits per heavy atom. The van der Waals surface area contributed by atoms with E-state index in [4.69, 9.17) is 30.6 Å². The van der Waals surface area contributed by atoms with E-state index in [2.05, 4.69) is 27.1 Å². The van der Waals surface area contributed by atoms with Gasteiger partial charge in [-0.25, -0.2) is 9.18 Å². The van der Waals surface area contributed by atoms with Gasteiger partial charge in [0.2, 0.25) is 0 Å². The number of benzene rings is 3. The number of amides is 1. The summed E-state index contributed by atoms with van der Waals surface area (Å²) < 4.78 is 34.2. The first-order valence-electron chi connectivity index (χ1n) is 17.7. The van der Waals surface area contributed by atoms with E-state index in [1.165, 1.54) is 6.07 Å². The third-order valence-corrected chi connectivity index (χ3v) is 10.1. The van der Waals surface area contributed by atoms with Gasteiger partial charge in [-0.1, -0.05) is 18.1 Å². The van der Waals surface area contributed by atoms with Crippen molar-refractivity contribution in [1.29, 1.82) is 0 Å². The molecule has 1 saturated carbocycles. The standard InChI is InChI=1S/C40H41FN6O5/c1-6-23-7-9-24(10-8-23)21-51-36-34(33-22(2)31(41)17-32-30(33)18-42-45-32)28(25-11-12-25)16-29-35(36)43-38(50-14-13-48)44-37(29)46-19-27-15-26(46)20-47(27)39(49)52-40(3,4)5/h1,7-10,16-18,25-27,48H,11-15,19-21H2,2-5H3,(H,42,45). The number of ether oxygens (including phenoxy) is 3. The maximum atomic E-state index is 15.7. The van der Waals surface area contributed by atoms with E-state index in [-0.39, 0.29) is 55.7 Å². The lowest BCUT2D eigenvalue weighted by atomic mass is 9.88. The van der Waals surface area contributed by atoms with Gasteiger partial charge < -0.3 is 29.1 Å². The number of aromatic amines is 1. The van der Waals surface area contributed by atoms with Crippen LogP contribution >= 0.6 is 0 Å². The van der Waals surface area contributed by atoms with Crippen LogP contribution in [0.3, 0.4) is 0 Å². The maximum absolute atomic E-state index is 15.7. The van der Waals surface area contributed by atoms with E-state index < -0.39 is 5.60 Å². The molecular formula is C40H41FN6O5. The Balaban J connectivity index is 1.32. The molecule has 5 aromatic rings. The molecular weight excluding hydrogens is 663 g/mol. The summed E-state index contributed by atoms with van der Waals surface area (Å²) in [7, 11) is 0. The third-order valence-electron chi connectivity index (χ3n) is 10.1. The van der Waals surface area contributed by atoms with Crippen LogP contribution in [-0.4, -0.2) is 80.3 Å². The number of carbonyl (C=O) groups excluding carboxylic acids is 1. The fourth-order valence-corrected chi connectivity index (χ4v) is 7.56. The Bertz CT molecular complexity index is 2240. The van der Waals surface area contributed by atoms with Crippen LogP contribution in [0.1, 0.15) is 68.2 Å². The molecule has 2 aromatic heterocycles.